The number of anilines is 2. The van der Waals surface area contributed by atoms with Gasteiger partial charge in [-0.15, -0.1) is 0 Å². The van der Waals surface area contributed by atoms with Gasteiger partial charge in [-0.1, -0.05) is 31.5 Å². The molecule has 31 heavy (non-hydrogen) atoms. The number of ether oxygens (including phenoxy) is 1. The molecule has 0 unspecified atom stereocenters. The average Bonchev–Trinajstić information content (AvgIpc) is 2.97. The number of nitrogens with one attached hydrogen (secondary N) is 1. The lowest BCUT2D eigenvalue weighted by molar-refractivity contribution is -0.121. The summed E-state index contributed by atoms with van der Waals surface area (Å²) in [6.45, 7) is 3.62. The number of unbranched alkanes of at least 4 members (excludes halogenated alkanes) is 1. The minimum absolute atomic E-state index is 0.149. The molecule has 1 aliphatic rings. The summed E-state index contributed by atoms with van der Waals surface area (Å²) in [7, 11) is 0. The Morgan fingerprint density at radius 2 is 1.77 bits per heavy atom. The number of rotatable bonds is 7. The zero-order chi connectivity index (χ0) is 22.5. The molecule has 0 saturated carbocycles. The summed E-state index contributed by atoms with van der Waals surface area (Å²) in [6, 6.07) is 12.1. The van der Waals surface area contributed by atoms with Crippen LogP contribution >= 0.6 is 0 Å². The van der Waals surface area contributed by atoms with E-state index in [9.17, 15) is 24.3 Å². The molecule has 2 aromatic rings. The van der Waals surface area contributed by atoms with Crippen LogP contribution in [-0.2, 0) is 19.1 Å². The van der Waals surface area contributed by atoms with Gasteiger partial charge in [-0.3, -0.25) is 14.4 Å². The second-order valence-electron chi connectivity index (χ2n) is 6.97. The fourth-order valence-corrected chi connectivity index (χ4v) is 3.10. The Balaban J connectivity index is 1.85. The van der Waals surface area contributed by atoms with Crippen molar-refractivity contribution in [3.63, 3.8) is 0 Å². The van der Waals surface area contributed by atoms with Gasteiger partial charge >= 0.3 is 11.9 Å². The molecule has 0 fully saturated rings. The third-order valence-corrected chi connectivity index (χ3v) is 4.62. The molecule has 0 bridgehead atoms. The summed E-state index contributed by atoms with van der Waals surface area (Å²) in [5, 5.41) is 13.0. The lowest BCUT2D eigenvalue weighted by Crippen LogP contribution is -2.31. The topological polar surface area (TPSA) is 113 Å². The van der Waals surface area contributed by atoms with Gasteiger partial charge in [-0.2, -0.15) is 0 Å². The van der Waals surface area contributed by atoms with Gasteiger partial charge in [-0.05, 0) is 42.3 Å². The van der Waals surface area contributed by atoms with Crippen LogP contribution in [0.2, 0.25) is 0 Å². The normalized spacial score (nSPS) is 13.5. The van der Waals surface area contributed by atoms with Gasteiger partial charge in [-0.25, -0.2) is 9.69 Å². The Hall–Kier alpha value is -3.94. The van der Waals surface area contributed by atoms with Crippen LogP contribution in [0, 0.1) is 0 Å². The molecule has 160 valence electrons. The Labute approximate surface area is 179 Å². The number of nitrogens with zero attached hydrogens (tertiary/aromatic N) is 1. The summed E-state index contributed by atoms with van der Waals surface area (Å²) < 4.78 is 5.17. The standard InChI is InChI=1S/C23H22N2O6/c1-3-4-12-31-23(30)16-6-5-7-18(13-16)25-21(28)19(20(27)22(25)29)15-8-10-17(11-9-15)24-14(2)26/h5-11,13,27H,3-4,12H2,1-2H3,(H,24,26). The molecule has 0 aliphatic carbocycles. The van der Waals surface area contributed by atoms with Crippen molar-refractivity contribution in [1.29, 1.82) is 0 Å². The van der Waals surface area contributed by atoms with Crippen molar-refractivity contribution in [2.24, 2.45) is 0 Å². The highest BCUT2D eigenvalue weighted by molar-refractivity contribution is 6.45. The summed E-state index contributed by atoms with van der Waals surface area (Å²) in [6.07, 6.45) is 1.61. The number of carbonyl (C=O) groups excluding carboxylic acids is 4. The van der Waals surface area contributed by atoms with E-state index in [0.29, 0.717) is 11.3 Å². The van der Waals surface area contributed by atoms with Crippen LogP contribution in [-0.4, -0.2) is 35.4 Å². The third-order valence-electron chi connectivity index (χ3n) is 4.62. The van der Waals surface area contributed by atoms with E-state index in [1.165, 1.54) is 43.3 Å². The molecule has 3 rings (SSSR count). The van der Waals surface area contributed by atoms with Crippen molar-refractivity contribution in [3.05, 3.63) is 65.4 Å². The molecule has 3 amide bonds. The van der Waals surface area contributed by atoms with E-state index in [1.807, 2.05) is 6.92 Å². The summed E-state index contributed by atoms with van der Waals surface area (Å²) in [4.78, 5) is 49.8. The van der Waals surface area contributed by atoms with Crippen molar-refractivity contribution in [2.75, 3.05) is 16.8 Å². The van der Waals surface area contributed by atoms with E-state index in [2.05, 4.69) is 5.32 Å². The minimum atomic E-state index is -0.887. The molecule has 0 atom stereocenters. The number of benzene rings is 2. The van der Waals surface area contributed by atoms with Crippen molar-refractivity contribution in [2.45, 2.75) is 26.7 Å². The predicted octanol–water partition coefficient (Wildman–Crippen LogP) is 3.44. The van der Waals surface area contributed by atoms with E-state index in [4.69, 9.17) is 4.74 Å². The molecule has 8 nitrogen and oxygen atoms in total. The highest BCUT2D eigenvalue weighted by atomic mass is 16.5. The fraction of sp³-hybridized carbons (Fsp3) is 0.217. The summed E-state index contributed by atoms with van der Waals surface area (Å²) in [5.74, 6) is -3.09. The van der Waals surface area contributed by atoms with E-state index < -0.39 is 23.5 Å². The van der Waals surface area contributed by atoms with Crippen LogP contribution in [0.5, 0.6) is 0 Å². The van der Waals surface area contributed by atoms with E-state index >= 15 is 0 Å². The molecule has 8 heteroatoms. The maximum absolute atomic E-state index is 13.0. The molecule has 2 aromatic carbocycles. The largest absolute Gasteiger partial charge is 0.502 e. The Morgan fingerprint density at radius 3 is 2.42 bits per heavy atom. The second kappa shape index (κ2) is 9.25. The van der Waals surface area contributed by atoms with Crippen molar-refractivity contribution < 1.29 is 29.0 Å². The van der Waals surface area contributed by atoms with Gasteiger partial charge in [0.2, 0.25) is 5.91 Å². The predicted molar refractivity (Wildman–Crippen MR) is 114 cm³/mol. The zero-order valence-corrected chi connectivity index (χ0v) is 17.2. The molecule has 0 radical (unpaired) electrons. The quantitative estimate of drug-likeness (QED) is 0.401. The van der Waals surface area contributed by atoms with Crippen LogP contribution < -0.4 is 10.2 Å². The van der Waals surface area contributed by atoms with Gasteiger partial charge in [0, 0.05) is 12.6 Å². The van der Waals surface area contributed by atoms with E-state index in [0.717, 1.165) is 17.7 Å². The van der Waals surface area contributed by atoms with Crippen LogP contribution in [0.1, 0.15) is 42.6 Å². The van der Waals surface area contributed by atoms with E-state index in [-0.39, 0.29) is 29.3 Å². The van der Waals surface area contributed by atoms with Crippen molar-refractivity contribution >= 4 is 40.6 Å². The molecule has 0 spiro atoms. The van der Waals surface area contributed by atoms with E-state index in [1.54, 1.807) is 12.1 Å². The first-order chi connectivity index (χ1) is 14.8. The second-order valence-corrected chi connectivity index (χ2v) is 6.97. The maximum atomic E-state index is 13.0. The molecule has 2 N–H and O–H groups in total. The van der Waals surface area contributed by atoms with Gasteiger partial charge in [0.1, 0.15) is 0 Å². The lowest BCUT2D eigenvalue weighted by Gasteiger charge is -2.15. The first kappa shape index (κ1) is 21.8. The Kier molecular flexibility index (Phi) is 6.49. The van der Waals surface area contributed by atoms with Crippen LogP contribution in [0.4, 0.5) is 11.4 Å². The molecular formula is C23H22N2O6. The maximum Gasteiger partial charge on any atom is 0.338 e. The Morgan fingerprint density at radius 1 is 1.06 bits per heavy atom. The monoisotopic (exact) mass is 422 g/mol. The number of hydrogen-bond acceptors (Lipinski definition) is 6. The third kappa shape index (κ3) is 4.63. The first-order valence-corrected chi connectivity index (χ1v) is 9.80. The molecule has 0 saturated heterocycles. The highest BCUT2D eigenvalue weighted by Crippen LogP contribution is 2.32. The average molecular weight is 422 g/mol. The minimum Gasteiger partial charge on any atom is -0.502 e. The first-order valence-electron chi connectivity index (χ1n) is 9.80. The molecule has 1 aliphatic heterocycles. The molecular weight excluding hydrogens is 400 g/mol. The van der Waals surface area contributed by atoms with Gasteiger partial charge in [0.15, 0.2) is 5.76 Å². The zero-order valence-electron chi connectivity index (χ0n) is 17.2. The number of aliphatic hydroxyl groups excluding tert-OH is 1. The number of carbonyl (C=O) groups is 4. The summed E-state index contributed by atoms with van der Waals surface area (Å²) in [5.41, 5.74) is 1.02. The SMILES string of the molecule is CCCCOC(=O)c1cccc(N2C(=O)C(O)=C(c3ccc(NC(C)=O)cc3)C2=O)c1. The van der Waals surface area contributed by atoms with Crippen molar-refractivity contribution in [3.8, 4) is 0 Å². The lowest BCUT2D eigenvalue weighted by atomic mass is 10.0. The highest BCUT2D eigenvalue weighted by Gasteiger charge is 2.40. The Bertz CT molecular complexity index is 1070. The number of hydrogen-bond donors (Lipinski definition) is 2. The van der Waals surface area contributed by atoms with Gasteiger partial charge in [0.25, 0.3) is 5.91 Å². The fourth-order valence-electron chi connectivity index (χ4n) is 3.10. The molecule has 0 aromatic heterocycles. The molecule has 1 heterocycles. The number of esters is 1. The van der Waals surface area contributed by atoms with Crippen molar-refractivity contribution in [1.82, 2.24) is 0 Å². The van der Waals surface area contributed by atoms with Crippen LogP contribution in [0.3, 0.4) is 0 Å². The van der Waals surface area contributed by atoms with Gasteiger partial charge < -0.3 is 15.2 Å². The summed E-state index contributed by atoms with van der Waals surface area (Å²) >= 11 is 0. The van der Waals surface area contributed by atoms with Crippen LogP contribution in [0.15, 0.2) is 54.3 Å². The number of amides is 3. The number of imide groups is 1. The smallest absolute Gasteiger partial charge is 0.338 e. The van der Waals surface area contributed by atoms with Gasteiger partial charge in [0.05, 0.1) is 23.4 Å². The number of aliphatic hydroxyl groups is 1. The van der Waals surface area contributed by atoms with Crippen LogP contribution in [0.25, 0.3) is 5.57 Å².